The monoisotopic (exact) mass is 348 g/mol. The Labute approximate surface area is 152 Å². The van der Waals surface area contributed by atoms with Gasteiger partial charge < -0.3 is 4.74 Å². The predicted octanol–water partition coefficient (Wildman–Crippen LogP) is 4.21. The van der Waals surface area contributed by atoms with Crippen LogP contribution >= 0.6 is 0 Å². The van der Waals surface area contributed by atoms with Gasteiger partial charge in [0.25, 0.3) is 0 Å². The normalized spacial score (nSPS) is 16.7. The molecule has 1 heterocycles. The second kappa shape index (κ2) is 9.93. The molecule has 1 saturated heterocycles. The van der Waals surface area contributed by atoms with Crippen molar-refractivity contribution in [3.05, 3.63) is 34.4 Å². The molecule has 1 aliphatic heterocycles. The van der Waals surface area contributed by atoms with Gasteiger partial charge in [0.1, 0.15) is 12.4 Å². The number of aryl methyl sites for hydroxylation is 1. The van der Waals surface area contributed by atoms with Crippen molar-refractivity contribution in [3.63, 3.8) is 0 Å². The molecule has 0 amide bonds. The molecule has 1 aliphatic rings. The van der Waals surface area contributed by atoms with Gasteiger partial charge >= 0.3 is 0 Å². The predicted molar refractivity (Wildman–Crippen MR) is 104 cm³/mol. The van der Waals surface area contributed by atoms with Gasteiger partial charge in [-0.15, -0.1) is 0 Å². The van der Waals surface area contributed by atoms with Crippen molar-refractivity contribution in [2.45, 2.75) is 40.2 Å². The van der Waals surface area contributed by atoms with Crippen LogP contribution in [0.3, 0.4) is 0 Å². The van der Waals surface area contributed by atoms with E-state index in [1.165, 1.54) is 22.3 Å². The second-order valence-corrected chi connectivity index (χ2v) is 6.91. The molecule has 1 aromatic carbocycles. The summed E-state index contributed by atoms with van der Waals surface area (Å²) in [5.74, 6) is 0.977. The molecule has 0 radical (unpaired) electrons. The van der Waals surface area contributed by atoms with Crippen molar-refractivity contribution < 1.29 is 9.13 Å². The van der Waals surface area contributed by atoms with Crippen molar-refractivity contribution in [1.82, 2.24) is 9.80 Å². The summed E-state index contributed by atoms with van der Waals surface area (Å²) in [5, 5.41) is 0. The van der Waals surface area contributed by atoms with Crippen LogP contribution in [0.4, 0.5) is 4.39 Å². The highest BCUT2D eigenvalue weighted by atomic mass is 19.1. The van der Waals surface area contributed by atoms with Gasteiger partial charge in [-0.3, -0.25) is 9.80 Å². The van der Waals surface area contributed by atoms with Crippen LogP contribution in [0.1, 0.15) is 42.0 Å². The van der Waals surface area contributed by atoms with Crippen LogP contribution in [0.2, 0.25) is 0 Å². The second-order valence-electron chi connectivity index (χ2n) is 6.91. The van der Waals surface area contributed by atoms with Gasteiger partial charge in [0.15, 0.2) is 0 Å². The summed E-state index contributed by atoms with van der Waals surface area (Å²) < 4.78 is 18.2. The fourth-order valence-corrected chi connectivity index (χ4v) is 3.42. The zero-order chi connectivity index (χ0) is 18.2. The van der Waals surface area contributed by atoms with E-state index in [2.05, 4.69) is 48.8 Å². The summed E-state index contributed by atoms with van der Waals surface area (Å²) in [7, 11) is 1.76. The largest absolute Gasteiger partial charge is 0.496 e. The maximum Gasteiger partial charge on any atom is 0.124 e. The number of rotatable bonds is 8. The molecule has 140 valence electrons. The number of methoxy groups -OCH3 is 1. The van der Waals surface area contributed by atoms with Gasteiger partial charge in [-0.1, -0.05) is 25.5 Å². The number of allylic oxidation sites excluding steroid dienone is 1. The zero-order valence-electron chi connectivity index (χ0n) is 16.3. The number of ether oxygens (including phenoxy) is 1. The minimum atomic E-state index is -0.253. The first-order chi connectivity index (χ1) is 12.1. The standard InChI is InChI=1S/C21H33FN2O/c1-5-6-7-8-19-18(3)17(2)15-21(25-4)20(19)16-24-13-11-23(10-9-22)12-14-24/h7-8,15H,5-6,9-14,16H2,1-4H3/b8-7-. The number of hydrogen-bond donors (Lipinski definition) is 0. The molecule has 1 fully saturated rings. The molecule has 0 atom stereocenters. The van der Waals surface area contributed by atoms with Crippen LogP contribution in [0.15, 0.2) is 12.1 Å². The van der Waals surface area contributed by atoms with Gasteiger partial charge in [-0.05, 0) is 43.0 Å². The first kappa shape index (κ1) is 19.9. The third-order valence-electron chi connectivity index (χ3n) is 5.17. The van der Waals surface area contributed by atoms with E-state index < -0.39 is 0 Å². The summed E-state index contributed by atoms with van der Waals surface area (Å²) in [4.78, 5) is 4.66. The Kier molecular flexibility index (Phi) is 7.91. The number of nitrogens with zero attached hydrogens (tertiary/aromatic N) is 2. The van der Waals surface area contributed by atoms with Crippen LogP contribution in [-0.4, -0.2) is 56.3 Å². The molecule has 0 aromatic heterocycles. The summed E-state index contributed by atoms with van der Waals surface area (Å²) in [6.45, 7) is 11.6. The third-order valence-corrected chi connectivity index (χ3v) is 5.17. The van der Waals surface area contributed by atoms with Gasteiger partial charge in [0, 0.05) is 44.8 Å². The molecule has 0 unspecified atom stereocenters. The maximum atomic E-state index is 12.5. The number of benzene rings is 1. The van der Waals surface area contributed by atoms with Crippen molar-refractivity contribution in [1.29, 1.82) is 0 Å². The molecule has 0 spiro atoms. The highest BCUT2D eigenvalue weighted by Crippen LogP contribution is 2.31. The SMILES string of the molecule is CCC/C=C\c1c(C)c(C)cc(OC)c1CN1CCN(CCF)CC1. The van der Waals surface area contributed by atoms with Crippen molar-refractivity contribution in [2.75, 3.05) is 46.5 Å². The van der Waals surface area contributed by atoms with Crippen LogP contribution in [0.25, 0.3) is 6.08 Å². The summed E-state index contributed by atoms with van der Waals surface area (Å²) in [5.41, 5.74) is 5.18. The molecule has 0 N–H and O–H groups in total. The summed E-state index contributed by atoms with van der Waals surface area (Å²) in [6.07, 6.45) is 6.79. The highest BCUT2D eigenvalue weighted by Gasteiger charge is 2.20. The van der Waals surface area contributed by atoms with Crippen LogP contribution in [-0.2, 0) is 6.54 Å². The molecule has 1 aromatic rings. The van der Waals surface area contributed by atoms with Gasteiger partial charge in [-0.25, -0.2) is 4.39 Å². The Morgan fingerprint density at radius 2 is 1.84 bits per heavy atom. The lowest BCUT2D eigenvalue weighted by atomic mass is 9.95. The lowest BCUT2D eigenvalue weighted by molar-refractivity contribution is 0.120. The number of piperazine rings is 1. The van der Waals surface area contributed by atoms with E-state index in [-0.39, 0.29) is 6.67 Å². The fraction of sp³-hybridized carbons (Fsp3) is 0.619. The lowest BCUT2D eigenvalue weighted by Gasteiger charge is -2.35. The molecule has 3 nitrogen and oxygen atoms in total. The molecule has 0 saturated carbocycles. The number of hydrogen-bond acceptors (Lipinski definition) is 3. The first-order valence-electron chi connectivity index (χ1n) is 9.45. The average molecular weight is 349 g/mol. The Bertz CT molecular complexity index is 578. The third kappa shape index (κ3) is 5.29. The van der Waals surface area contributed by atoms with E-state index in [9.17, 15) is 4.39 Å². The molecule has 0 aliphatic carbocycles. The van der Waals surface area contributed by atoms with E-state index in [0.29, 0.717) is 6.54 Å². The van der Waals surface area contributed by atoms with E-state index >= 15 is 0 Å². The topological polar surface area (TPSA) is 15.7 Å². The summed E-state index contributed by atoms with van der Waals surface area (Å²) in [6, 6.07) is 2.15. The van der Waals surface area contributed by atoms with Crippen LogP contribution in [0.5, 0.6) is 5.75 Å². The molecule has 2 rings (SSSR count). The molecule has 4 heteroatoms. The Balaban J connectivity index is 2.21. The van der Waals surface area contributed by atoms with Crippen molar-refractivity contribution in [2.24, 2.45) is 0 Å². The summed E-state index contributed by atoms with van der Waals surface area (Å²) >= 11 is 0. The Hall–Kier alpha value is -1.39. The molecular formula is C21H33FN2O. The Morgan fingerprint density at radius 3 is 2.44 bits per heavy atom. The Morgan fingerprint density at radius 1 is 1.16 bits per heavy atom. The number of halogens is 1. The lowest BCUT2D eigenvalue weighted by Crippen LogP contribution is -2.46. The number of unbranched alkanes of at least 4 members (excludes halogenated alkanes) is 1. The van der Waals surface area contributed by atoms with Crippen molar-refractivity contribution >= 4 is 6.08 Å². The quantitative estimate of drug-likeness (QED) is 0.700. The van der Waals surface area contributed by atoms with Gasteiger partial charge in [0.05, 0.1) is 7.11 Å². The smallest absolute Gasteiger partial charge is 0.124 e. The first-order valence-corrected chi connectivity index (χ1v) is 9.45. The maximum absolute atomic E-state index is 12.5. The van der Waals surface area contributed by atoms with Crippen LogP contribution in [0, 0.1) is 13.8 Å². The fourth-order valence-electron chi connectivity index (χ4n) is 3.42. The van der Waals surface area contributed by atoms with E-state index in [1.54, 1.807) is 7.11 Å². The van der Waals surface area contributed by atoms with Crippen LogP contribution < -0.4 is 4.74 Å². The highest BCUT2D eigenvalue weighted by molar-refractivity contribution is 5.63. The average Bonchev–Trinajstić information content (AvgIpc) is 2.62. The van der Waals surface area contributed by atoms with Gasteiger partial charge in [-0.2, -0.15) is 0 Å². The van der Waals surface area contributed by atoms with E-state index in [1.807, 2.05) is 0 Å². The molecule has 25 heavy (non-hydrogen) atoms. The number of alkyl halides is 1. The van der Waals surface area contributed by atoms with Crippen molar-refractivity contribution in [3.8, 4) is 5.75 Å². The van der Waals surface area contributed by atoms with E-state index in [0.717, 1.165) is 51.3 Å². The van der Waals surface area contributed by atoms with Gasteiger partial charge in [0.2, 0.25) is 0 Å². The molecule has 0 bridgehead atoms. The minimum absolute atomic E-state index is 0.253. The minimum Gasteiger partial charge on any atom is -0.496 e. The zero-order valence-corrected chi connectivity index (χ0v) is 16.3. The van der Waals surface area contributed by atoms with E-state index in [4.69, 9.17) is 4.74 Å². The molecular weight excluding hydrogens is 315 g/mol.